The van der Waals surface area contributed by atoms with Gasteiger partial charge < -0.3 is 15.4 Å². The zero-order valence-electron chi connectivity index (χ0n) is 18.6. The molecule has 0 saturated carbocycles. The van der Waals surface area contributed by atoms with Crippen molar-refractivity contribution in [3.05, 3.63) is 65.7 Å². The molecule has 36 heavy (non-hydrogen) atoms. The molecule has 192 valence electrons. The SMILES string of the molecule is Cl.O=C(Nc1cncnc1OCC1CCNCC1)c1ccc(C(F)(F)F)c(-c2c(F)cccc2F)n1. The standard InChI is InChI=1S/C23H20F5N5O2.ClH/c24-15-2-1-3-16(25)19(15)20-14(23(26,27)28)4-5-17(32-20)21(34)33-18-10-30-12-31-22(18)35-11-13-6-8-29-9-7-13;/h1-5,10,12-13,29H,6-9,11H2,(H,33,34);1H. The normalized spacial score (nSPS) is 14.1. The van der Waals surface area contributed by atoms with Crippen molar-refractivity contribution >= 4 is 24.0 Å². The highest BCUT2D eigenvalue weighted by atomic mass is 35.5. The van der Waals surface area contributed by atoms with E-state index in [0.717, 1.165) is 50.2 Å². The molecule has 0 spiro atoms. The first-order valence-electron chi connectivity index (χ1n) is 10.7. The Hall–Kier alpha value is -3.38. The molecule has 3 heterocycles. The number of alkyl halides is 3. The molecule has 1 fully saturated rings. The van der Waals surface area contributed by atoms with E-state index < -0.39 is 46.2 Å². The first kappa shape index (κ1) is 27.2. The predicted octanol–water partition coefficient (Wildman–Crippen LogP) is 4.89. The quantitative estimate of drug-likeness (QED) is 0.442. The summed E-state index contributed by atoms with van der Waals surface area (Å²) in [7, 11) is 0. The maximum atomic E-state index is 14.3. The fourth-order valence-corrected chi connectivity index (χ4v) is 3.68. The first-order chi connectivity index (χ1) is 16.7. The molecule has 2 N–H and O–H groups in total. The largest absolute Gasteiger partial charge is 0.476 e. The van der Waals surface area contributed by atoms with Gasteiger partial charge >= 0.3 is 6.18 Å². The molecule has 1 aliphatic heterocycles. The average Bonchev–Trinajstić information content (AvgIpc) is 2.83. The van der Waals surface area contributed by atoms with Crippen LogP contribution in [0.3, 0.4) is 0 Å². The predicted molar refractivity (Wildman–Crippen MR) is 123 cm³/mol. The van der Waals surface area contributed by atoms with E-state index in [1.165, 1.54) is 12.5 Å². The summed E-state index contributed by atoms with van der Waals surface area (Å²) in [4.78, 5) is 24.4. The summed E-state index contributed by atoms with van der Waals surface area (Å²) in [5, 5.41) is 5.69. The Morgan fingerprint density at radius 2 is 1.81 bits per heavy atom. The van der Waals surface area contributed by atoms with E-state index in [2.05, 4.69) is 25.6 Å². The van der Waals surface area contributed by atoms with Crippen molar-refractivity contribution in [2.45, 2.75) is 19.0 Å². The summed E-state index contributed by atoms with van der Waals surface area (Å²) in [5.74, 6) is -3.04. The van der Waals surface area contributed by atoms with Crippen molar-refractivity contribution in [2.75, 3.05) is 25.0 Å². The molecular formula is C23H21ClF5N5O2. The minimum atomic E-state index is -4.96. The molecule has 0 atom stereocenters. The highest BCUT2D eigenvalue weighted by Gasteiger charge is 2.36. The minimum Gasteiger partial charge on any atom is -0.476 e. The lowest BCUT2D eigenvalue weighted by molar-refractivity contribution is -0.137. The van der Waals surface area contributed by atoms with Crippen LogP contribution in [0.4, 0.5) is 27.6 Å². The van der Waals surface area contributed by atoms with Gasteiger partial charge in [-0.05, 0) is 56.1 Å². The second-order valence-corrected chi connectivity index (χ2v) is 7.89. The van der Waals surface area contributed by atoms with Crippen molar-refractivity contribution in [1.29, 1.82) is 0 Å². The maximum Gasteiger partial charge on any atom is 0.418 e. The highest BCUT2D eigenvalue weighted by molar-refractivity contribution is 6.03. The van der Waals surface area contributed by atoms with E-state index in [-0.39, 0.29) is 24.0 Å². The number of rotatable bonds is 6. The van der Waals surface area contributed by atoms with Crippen molar-refractivity contribution in [1.82, 2.24) is 20.3 Å². The number of carbonyl (C=O) groups is 1. The number of nitrogens with one attached hydrogen (secondary N) is 2. The fourth-order valence-electron chi connectivity index (χ4n) is 3.68. The van der Waals surface area contributed by atoms with E-state index in [4.69, 9.17) is 4.74 Å². The second kappa shape index (κ2) is 11.6. The smallest absolute Gasteiger partial charge is 0.418 e. The third kappa shape index (κ3) is 6.24. The Balaban J connectivity index is 0.00000361. The lowest BCUT2D eigenvalue weighted by Crippen LogP contribution is -2.30. The van der Waals surface area contributed by atoms with Gasteiger partial charge in [-0.3, -0.25) is 4.79 Å². The Labute approximate surface area is 208 Å². The number of halogens is 6. The van der Waals surface area contributed by atoms with Crippen LogP contribution >= 0.6 is 12.4 Å². The van der Waals surface area contributed by atoms with E-state index in [1.807, 2.05) is 0 Å². The van der Waals surface area contributed by atoms with Crippen molar-refractivity contribution in [3.63, 3.8) is 0 Å². The fraction of sp³-hybridized carbons (Fsp3) is 0.304. The first-order valence-corrected chi connectivity index (χ1v) is 10.7. The summed E-state index contributed by atoms with van der Waals surface area (Å²) in [6.07, 6.45) is -0.642. The lowest BCUT2D eigenvalue weighted by atomic mass is 9.99. The van der Waals surface area contributed by atoms with Gasteiger partial charge in [-0.2, -0.15) is 18.2 Å². The number of piperidine rings is 1. The molecule has 13 heteroatoms. The number of aromatic nitrogens is 3. The molecule has 4 rings (SSSR count). The Morgan fingerprint density at radius 1 is 1.11 bits per heavy atom. The third-order valence-corrected chi connectivity index (χ3v) is 5.47. The molecule has 2 aromatic heterocycles. The molecule has 0 aliphatic carbocycles. The Kier molecular flexibility index (Phi) is 8.75. The van der Waals surface area contributed by atoms with Crippen molar-refractivity contribution < 1.29 is 31.5 Å². The Morgan fingerprint density at radius 3 is 2.47 bits per heavy atom. The highest BCUT2D eigenvalue weighted by Crippen LogP contribution is 2.38. The topological polar surface area (TPSA) is 89.0 Å². The van der Waals surface area contributed by atoms with Crippen LogP contribution in [0, 0.1) is 17.6 Å². The summed E-state index contributed by atoms with van der Waals surface area (Å²) in [6, 6.07) is 4.00. The zero-order valence-corrected chi connectivity index (χ0v) is 19.4. The third-order valence-electron chi connectivity index (χ3n) is 5.47. The summed E-state index contributed by atoms with van der Waals surface area (Å²) in [5.41, 5.74) is -3.82. The van der Waals surface area contributed by atoms with Gasteiger partial charge in [0.25, 0.3) is 5.91 Å². The molecule has 0 unspecified atom stereocenters. The molecule has 1 amide bonds. The van der Waals surface area contributed by atoms with Gasteiger partial charge in [0.1, 0.15) is 29.3 Å². The van der Waals surface area contributed by atoms with Gasteiger partial charge in [-0.15, -0.1) is 12.4 Å². The van der Waals surface area contributed by atoms with Gasteiger partial charge in [0.2, 0.25) is 5.88 Å². The molecule has 7 nitrogen and oxygen atoms in total. The number of anilines is 1. The van der Waals surface area contributed by atoms with Crippen molar-refractivity contribution in [3.8, 4) is 17.1 Å². The van der Waals surface area contributed by atoms with Gasteiger partial charge in [0.05, 0.1) is 29.6 Å². The van der Waals surface area contributed by atoms with Crippen LogP contribution in [-0.2, 0) is 6.18 Å². The van der Waals surface area contributed by atoms with Crippen LogP contribution in [-0.4, -0.2) is 40.6 Å². The molecule has 0 bridgehead atoms. The van der Waals surface area contributed by atoms with Gasteiger partial charge in [0.15, 0.2) is 0 Å². The van der Waals surface area contributed by atoms with E-state index in [1.54, 1.807) is 0 Å². The summed E-state index contributed by atoms with van der Waals surface area (Å²) >= 11 is 0. The van der Waals surface area contributed by atoms with E-state index >= 15 is 0 Å². The maximum absolute atomic E-state index is 14.3. The number of carbonyl (C=O) groups excluding carboxylic acids is 1. The number of amides is 1. The van der Waals surface area contributed by atoms with Gasteiger partial charge in [-0.1, -0.05) is 6.07 Å². The Bertz CT molecular complexity index is 1200. The average molecular weight is 530 g/mol. The van der Waals surface area contributed by atoms with Crippen LogP contribution in [0.5, 0.6) is 5.88 Å². The monoisotopic (exact) mass is 529 g/mol. The number of benzene rings is 1. The number of pyridine rings is 1. The molecular weight excluding hydrogens is 509 g/mol. The van der Waals surface area contributed by atoms with Crippen LogP contribution in [0.2, 0.25) is 0 Å². The minimum absolute atomic E-state index is 0. The summed E-state index contributed by atoms with van der Waals surface area (Å²) in [6.45, 7) is 2.09. The lowest BCUT2D eigenvalue weighted by Gasteiger charge is -2.22. The number of ether oxygens (including phenoxy) is 1. The van der Waals surface area contributed by atoms with Crippen molar-refractivity contribution in [2.24, 2.45) is 5.92 Å². The second-order valence-electron chi connectivity index (χ2n) is 7.89. The number of nitrogens with zero attached hydrogens (tertiary/aromatic N) is 3. The molecule has 3 aromatic rings. The van der Waals surface area contributed by atoms with E-state index in [0.29, 0.717) is 18.6 Å². The van der Waals surface area contributed by atoms with Crippen LogP contribution in [0.15, 0.2) is 42.9 Å². The summed E-state index contributed by atoms with van der Waals surface area (Å²) < 4.78 is 75.0. The van der Waals surface area contributed by atoms with Gasteiger partial charge in [-0.25, -0.2) is 18.7 Å². The molecule has 1 saturated heterocycles. The number of hydrogen-bond acceptors (Lipinski definition) is 6. The van der Waals surface area contributed by atoms with Gasteiger partial charge in [0, 0.05) is 0 Å². The number of hydrogen-bond donors (Lipinski definition) is 2. The zero-order chi connectivity index (χ0) is 25.0. The molecule has 0 radical (unpaired) electrons. The molecule has 1 aliphatic rings. The molecule has 1 aromatic carbocycles. The van der Waals surface area contributed by atoms with Crippen LogP contribution < -0.4 is 15.4 Å². The van der Waals surface area contributed by atoms with E-state index in [9.17, 15) is 26.7 Å². The van der Waals surface area contributed by atoms with Crippen LogP contribution in [0.25, 0.3) is 11.3 Å². The van der Waals surface area contributed by atoms with Crippen LogP contribution in [0.1, 0.15) is 28.9 Å².